The molecule has 96 valence electrons. The third-order valence-corrected chi connectivity index (χ3v) is 2.98. The Hall–Kier alpha value is -1.68. The number of rotatable bonds is 4. The molecule has 4 nitrogen and oxygen atoms in total. The summed E-state index contributed by atoms with van der Waals surface area (Å²) in [7, 11) is 0. The van der Waals surface area contributed by atoms with Gasteiger partial charge in [0, 0.05) is 12.5 Å². The van der Waals surface area contributed by atoms with Gasteiger partial charge >= 0.3 is 0 Å². The van der Waals surface area contributed by atoms with Gasteiger partial charge in [0.15, 0.2) is 5.82 Å². The Bertz CT molecular complexity index is 514. The molecule has 1 aromatic heterocycles. The van der Waals surface area contributed by atoms with Crippen molar-refractivity contribution in [2.45, 2.75) is 39.8 Å². The molecule has 0 fully saturated rings. The average Bonchev–Trinajstić information content (AvgIpc) is 2.75. The van der Waals surface area contributed by atoms with Crippen molar-refractivity contribution in [3.63, 3.8) is 0 Å². The Labute approximate surface area is 107 Å². The number of hydrogen-bond donors (Lipinski definition) is 1. The van der Waals surface area contributed by atoms with Crippen LogP contribution in [0.4, 0.5) is 0 Å². The van der Waals surface area contributed by atoms with Crippen molar-refractivity contribution in [3.05, 3.63) is 47.0 Å². The molecule has 0 aliphatic heterocycles. The summed E-state index contributed by atoms with van der Waals surface area (Å²) in [6.45, 7) is 6.14. The Kier molecular flexibility index (Phi) is 3.77. The van der Waals surface area contributed by atoms with Gasteiger partial charge < -0.3 is 9.67 Å². The van der Waals surface area contributed by atoms with Crippen molar-refractivity contribution in [1.82, 2.24) is 14.8 Å². The van der Waals surface area contributed by atoms with Gasteiger partial charge in [0.25, 0.3) is 0 Å². The molecule has 0 saturated heterocycles. The van der Waals surface area contributed by atoms with Gasteiger partial charge in [-0.1, -0.05) is 29.8 Å². The van der Waals surface area contributed by atoms with Crippen LogP contribution in [0.25, 0.3) is 0 Å². The zero-order valence-corrected chi connectivity index (χ0v) is 11.1. The fourth-order valence-electron chi connectivity index (χ4n) is 2.07. The molecular weight excluding hydrogens is 226 g/mol. The summed E-state index contributed by atoms with van der Waals surface area (Å²) in [5.41, 5.74) is 2.46. The summed E-state index contributed by atoms with van der Waals surface area (Å²) >= 11 is 0. The summed E-state index contributed by atoms with van der Waals surface area (Å²) in [6, 6.07) is 8.65. The number of benzene rings is 1. The largest absolute Gasteiger partial charge is 0.388 e. The van der Waals surface area contributed by atoms with E-state index in [-0.39, 0.29) is 12.6 Å². The quantitative estimate of drug-likeness (QED) is 0.898. The zero-order chi connectivity index (χ0) is 13.1. The van der Waals surface area contributed by atoms with Crippen LogP contribution < -0.4 is 0 Å². The van der Waals surface area contributed by atoms with Crippen molar-refractivity contribution < 1.29 is 5.11 Å². The number of aromatic nitrogens is 3. The summed E-state index contributed by atoms with van der Waals surface area (Å²) in [6.07, 6.45) is 0.742. The summed E-state index contributed by atoms with van der Waals surface area (Å²) in [4.78, 5) is 0. The first-order valence-corrected chi connectivity index (χ1v) is 6.21. The number of aryl methyl sites for hydroxylation is 1. The van der Waals surface area contributed by atoms with E-state index in [0.29, 0.717) is 5.82 Å². The maximum atomic E-state index is 9.26. The van der Waals surface area contributed by atoms with E-state index in [4.69, 9.17) is 0 Å². The number of hydrogen-bond acceptors (Lipinski definition) is 3. The summed E-state index contributed by atoms with van der Waals surface area (Å²) < 4.78 is 2.00. The highest BCUT2D eigenvalue weighted by Gasteiger charge is 2.14. The molecule has 0 unspecified atom stereocenters. The highest BCUT2D eigenvalue weighted by molar-refractivity contribution is 5.24. The fraction of sp³-hybridized carbons (Fsp3) is 0.429. The molecule has 2 rings (SSSR count). The van der Waals surface area contributed by atoms with E-state index in [2.05, 4.69) is 55.2 Å². The van der Waals surface area contributed by atoms with Crippen molar-refractivity contribution in [2.75, 3.05) is 0 Å². The molecular formula is C14H19N3O. The molecule has 0 amide bonds. The third kappa shape index (κ3) is 2.59. The lowest BCUT2D eigenvalue weighted by Gasteiger charge is -2.13. The van der Waals surface area contributed by atoms with Gasteiger partial charge in [-0.05, 0) is 26.3 Å². The Morgan fingerprint density at radius 3 is 2.28 bits per heavy atom. The molecule has 0 aliphatic carbocycles. The molecule has 2 aromatic rings. The van der Waals surface area contributed by atoms with Gasteiger partial charge in [-0.25, -0.2) is 0 Å². The Morgan fingerprint density at radius 2 is 1.72 bits per heavy atom. The minimum Gasteiger partial charge on any atom is -0.388 e. The highest BCUT2D eigenvalue weighted by atomic mass is 16.3. The van der Waals surface area contributed by atoms with E-state index in [1.54, 1.807) is 0 Å². The first-order chi connectivity index (χ1) is 8.61. The monoisotopic (exact) mass is 245 g/mol. The lowest BCUT2D eigenvalue weighted by molar-refractivity contribution is 0.261. The van der Waals surface area contributed by atoms with Crippen LogP contribution in [0.15, 0.2) is 24.3 Å². The van der Waals surface area contributed by atoms with Crippen LogP contribution in [0.3, 0.4) is 0 Å². The maximum Gasteiger partial charge on any atom is 0.159 e. The normalized spacial score (nSPS) is 11.2. The SMILES string of the molecule is Cc1ccc(Cc2nnc(CO)n2C(C)C)cc1. The lowest BCUT2D eigenvalue weighted by atomic mass is 10.1. The van der Waals surface area contributed by atoms with Gasteiger partial charge in [-0.3, -0.25) is 0 Å². The Morgan fingerprint density at radius 1 is 1.11 bits per heavy atom. The van der Waals surface area contributed by atoms with Crippen LogP contribution in [0.5, 0.6) is 0 Å². The second-order valence-corrected chi connectivity index (χ2v) is 4.82. The van der Waals surface area contributed by atoms with Crippen molar-refractivity contribution in [3.8, 4) is 0 Å². The van der Waals surface area contributed by atoms with Crippen molar-refractivity contribution in [2.24, 2.45) is 0 Å². The number of aliphatic hydroxyl groups excluding tert-OH is 1. The van der Waals surface area contributed by atoms with Crippen LogP contribution in [0.1, 0.15) is 42.7 Å². The molecule has 1 heterocycles. The second-order valence-electron chi connectivity index (χ2n) is 4.82. The smallest absolute Gasteiger partial charge is 0.159 e. The van der Waals surface area contributed by atoms with Gasteiger partial charge in [0.1, 0.15) is 12.4 Å². The highest BCUT2D eigenvalue weighted by Crippen LogP contribution is 2.15. The number of nitrogens with zero attached hydrogens (tertiary/aromatic N) is 3. The molecule has 18 heavy (non-hydrogen) atoms. The minimum atomic E-state index is -0.0704. The molecule has 0 atom stereocenters. The standard InChI is InChI=1S/C14H19N3O/c1-10(2)17-13(15-16-14(17)9-18)8-12-6-4-11(3)5-7-12/h4-7,10,18H,8-9H2,1-3H3. The van der Waals surface area contributed by atoms with Gasteiger partial charge in [-0.15, -0.1) is 10.2 Å². The molecule has 0 spiro atoms. The van der Waals surface area contributed by atoms with Crippen LogP contribution in [-0.4, -0.2) is 19.9 Å². The topological polar surface area (TPSA) is 50.9 Å². The van der Waals surface area contributed by atoms with Crippen molar-refractivity contribution >= 4 is 0 Å². The van der Waals surface area contributed by atoms with Crippen LogP contribution >= 0.6 is 0 Å². The molecule has 0 aliphatic rings. The second kappa shape index (κ2) is 5.31. The molecule has 0 radical (unpaired) electrons. The Balaban J connectivity index is 2.28. The predicted octanol–water partition coefficient (Wildman–Crippen LogP) is 2.25. The lowest BCUT2D eigenvalue weighted by Crippen LogP contribution is -2.10. The van der Waals surface area contributed by atoms with E-state index < -0.39 is 0 Å². The number of aliphatic hydroxyl groups is 1. The van der Waals surface area contributed by atoms with Crippen LogP contribution in [0.2, 0.25) is 0 Å². The third-order valence-electron chi connectivity index (χ3n) is 2.98. The van der Waals surface area contributed by atoms with Crippen LogP contribution in [0, 0.1) is 6.92 Å². The minimum absolute atomic E-state index is 0.0704. The molecule has 0 bridgehead atoms. The van der Waals surface area contributed by atoms with Gasteiger partial charge in [0.2, 0.25) is 0 Å². The van der Waals surface area contributed by atoms with E-state index in [1.807, 2.05) is 4.57 Å². The van der Waals surface area contributed by atoms with Crippen LogP contribution in [-0.2, 0) is 13.0 Å². The first-order valence-electron chi connectivity index (χ1n) is 6.21. The van der Waals surface area contributed by atoms with E-state index >= 15 is 0 Å². The summed E-state index contributed by atoms with van der Waals surface area (Å²) in [5, 5.41) is 17.5. The molecule has 0 saturated carbocycles. The van der Waals surface area contributed by atoms with Gasteiger partial charge in [0.05, 0.1) is 0 Å². The molecule has 1 aromatic carbocycles. The van der Waals surface area contributed by atoms with E-state index in [0.717, 1.165) is 12.2 Å². The maximum absolute atomic E-state index is 9.26. The van der Waals surface area contributed by atoms with Gasteiger partial charge in [-0.2, -0.15) is 0 Å². The van der Waals surface area contributed by atoms with E-state index in [1.165, 1.54) is 11.1 Å². The summed E-state index contributed by atoms with van der Waals surface area (Å²) in [5.74, 6) is 1.53. The molecule has 1 N–H and O–H groups in total. The first kappa shape index (κ1) is 12.8. The van der Waals surface area contributed by atoms with E-state index in [9.17, 15) is 5.11 Å². The van der Waals surface area contributed by atoms with Crippen molar-refractivity contribution in [1.29, 1.82) is 0 Å². The predicted molar refractivity (Wildman–Crippen MR) is 70.3 cm³/mol. The fourth-order valence-corrected chi connectivity index (χ4v) is 2.07. The zero-order valence-electron chi connectivity index (χ0n) is 11.1. The average molecular weight is 245 g/mol. The molecule has 4 heteroatoms.